The van der Waals surface area contributed by atoms with Crippen molar-refractivity contribution in [3.63, 3.8) is 0 Å². The molecule has 0 amide bonds. The minimum atomic E-state index is -0.767. The quantitative estimate of drug-likeness (QED) is 0.841. The maximum atomic E-state index is 11.1. The highest BCUT2D eigenvalue weighted by molar-refractivity contribution is 5.81. The monoisotopic (exact) mass is 264 g/mol. The van der Waals surface area contributed by atoms with Gasteiger partial charge in [0.15, 0.2) is 17.8 Å². The van der Waals surface area contributed by atoms with E-state index in [2.05, 4.69) is 0 Å². The normalized spacial score (nSPS) is 19.4. The van der Waals surface area contributed by atoms with Crippen LogP contribution in [-0.4, -0.2) is 30.4 Å². The van der Waals surface area contributed by atoms with Crippen LogP contribution in [0.4, 0.5) is 0 Å². The summed E-state index contributed by atoms with van der Waals surface area (Å²) in [5, 5.41) is 10.2. The van der Waals surface area contributed by atoms with Crippen LogP contribution in [0, 0.1) is 0 Å². The van der Waals surface area contributed by atoms with E-state index in [1.165, 1.54) is 0 Å². The second kappa shape index (κ2) is 4.74. The minimum absolute atomic E-state index is 0.154. The summed E-state index contributed by atoms with van der Waals surface area (Å²) in [4.78, 5) is 11.1. The zero-order chi connectivity index (χ0) is 13.3. The van der Waals surface area contributed by atoms with Crippen molar-refractivity contribution in [3.05, 3.63) is 17.7 Å². The van der Waals surface area contributed by atoms with Crippen molar-refractivity contribution in [2.75, 3.05) is 13.4 Å². The highest BCUT2D eigenvalue weighted by Crippen LogP contribution is 2.38. The van der Waals surface area contributed by atoms with E-state index in [0.717, 1.165) is 32.0 Å². The Balaban J connectivity index is 1.78. The molecule has 1 fully saturated rings. The Bertz CT molecular complexity index is 491. The molecule has 19 heavy (non-hydrogen) atoms. The second-order valence-corrected chi connectivity index (χ2v) is 5.08. The van der Waals surface area contributed by atoms with Crippen LogP contribution < -0.4 is 14.2 Å². The number of aldehydes is 1. The highest BCUT2D eigenvalue weighted by Gasteiger charge is 2.32. The Morgan fingerprint density at radius 2 is 1.95 bits per heavy atom. The molecule has 0 aromatic heterocycles. The van der Waals surface area contributed by atoms with Gasteiger partial charge in [-0.1, -0.05) is 12.8 Å². The van der Waals surface area contributed by atoms with E-state index < -0.39 is 5.60 Å². The molecular weight excluding hydrogens is 248 g/mol. The summed E-state index contributed by atoms with van der Waals surface area (Å²) in [6, 6.07) is 3.24. The molecule has 2 aliphatic rings. The fraction of sp³-hybridized carbons (Fsp3) is 0.500. The number of ether oxygens (including phenoxy) is 3. The number of aliphatic hydroxyl groups is 1. The molecule has 1 saturated carbocycles. The van der Waals surface area contributed by atoms with E-state index in [1.807, 2.05) is 0 Å². The molecule has 1 aliphatic carbocycles. The molecule has 1 N–H and O–H groups in total. The number of fused-ring (bicyclic) bond motifs is 1. The Morgan fingerprint density at radius 1 is 1.26 bits per heavy atom. The van der Waals surface area contributed by atoms with Crippen LogP contribution in [-0.2, 0) is 0 Å². The Kier molecular flexibility index (Phi) is 3.06. The van der Waals surface area contributed by atoms with Crippen molar-refractivity contribution in [1.82, 2.24) is 0 Å². The zero-order valence-electron chi connectivity index (χ0n) is 10.6. The molecule has 102 valence electrons. The Morgan fingerprint density at radius 3 is 2.63 bits per heavy atom. The number of rotatable bonds is 4. The van der Waals surface area contributed by atoms with Crippen LogP contribution in [0.2, 0.25) is 0 Å². The van der Waals surface area contributed by atoms with Crippen LogP contribution in [0.15, 0.2) is 12.1 Å². The van der Waals surface area contributed by atoms with Crippen molar-refractivity contribution in [2.24, 2.45) is 0 Å². The van der Waals surface area contributed by atoms with Gasteiger partial charge in [-0.2, -0.15) is 0 Å². The first-order valence-corrected chi connectivity index (χ1v) is 6.44. The van der Waals surface area contributed by atoms with Crippen LogP contribution >= 0.6 is 0 Å². The summed E-state index contributed by atoms with van der Waals surface area (Å²) in [6.45, 7) is 0.356. The first-order valence-electron chi connectivity index (χ1n) is 6.44. The predicted molar refractivity (Wildman–Crippen MR) is 66.9 cm³/mol. The van der Waals surface area contributed by atoms with Gasteiger partial charge in [-0.05, 0) is 18.9 Å². The van der Waals surface area contributed by atoms with Gasteiger partial charge < -0.3 is 19.3 Å². The summed E-state index contributed by atoms with van der Waals surface area (Å²) in [6.07, 6.45) is 4.24. The number of carbonyl (C=O) groups is 1. The van der Waals surface area contributed by atoms with Crippen LogP contribution in [0.3, 0.4) is 0 Å². The van der Waals surface area contributed by atoms with E-state index in [-0.39, 0.29) is 13.4 Å². The molecule has 3 rings (SSSR count). The molecule has 1 heterocycles. The van der Waals surface area contributed by atoms with E-state index in [9.17, 15) is 9.90 Å². The molecule has 0 radical (unpaired) electrons. The van der Waals surface area contributed by atoms with Crippen LogP contribution in [0.25, 0.3) is 0 Å². The van der Waals surface area contributed by atoms with E-state index >= 15 is 0 Å². The Hall–Kier alpha value is -1.75. The molecule has 1 aromatic rings. The minimum Gasteiger partial charge on any atom is -0.490 e. The van der Waals surface area contributed by atoms with Crippen molar-refractivity contribution >= 4 is 6.29 Å². The smallest absolute Gasteiger partial charge is 0.231 e. The van der Waals surface area contributed by atoms with Crippen molar-refractivity contribution in [2.45, 2.75) is 31.3 Å². The van der Waals surface area contributed by atoms with Gasteiger partial charge in [-0.25, -0.2) is 0 Å². The standard InChI is InChI=1S/C14H16O5/c15-7-10-5-12-13(19-9-18-12)6-11(10)17-8-14(16)3-1-2-4-14/h5-7,16H,1-4,8-9H2. The van der Waals surface area contributed by atoms with Crippen LogP contribution in [0.1, 0.15) is 36.0 Å². The van der Waals surface area contributed by atoms with E-state index in [4.69, 9.17) is 14.2 Å². The molecule has 0 unspecified atom stereocenters. The lowest BCUT2D eigenvalue weighted by Gasteiger charge is -2.22. The predicted octanol–water partition coefficient (Wildman–Crippen LogP) is 1.91. The summed E-state index contributed by atoms with van der Waals surface area (Å²) in [5.41, 5.74) is -0.359. The first kappa shape index (κ1) is 12.3. The van der Waals surface area contributed by atoms with Gasteiger partial charge in [0.2, 0.25) is 6.79 Å². The van der Waals surface area contributed by atoms with E-state index in [1.54, 1.807) is 12.1 Å². The lowest BCUT2D eigenvalue weighted by atomic mass is 10.0. The van der Waals surface area contributed by atoms with Gasteiger partial charge in [0, 0.05) is 6.07 Å². The number of hydrogen-bond donors (Lipinski definition) is 1. The third kappa shape index (κ3) is 2.38. The summed E-state index contributed by atoms with van der Waals surface area (Å²) < 4.78 is 16.1. The number of benzene rings is 1. The number of hydrogen-bond acceptors (Lipinski definition) is 5. The maximum Gasteiger partial charge on any atom is 0.231 e. The summed E-state index contributed by atoms with van der Waals surface area (Å²) in [5.74, 6) is 1.55. The lowest BCUT2D eigenvalue weighted by Crippen LogP contribution is -2.32. The SMILES string of the molecule is O=Cc1cc2c(cc1OCC1(O)CCCC1)OCO2. The fourth-order valence-corrected chi connectivity index (χ4v) is 2.55. The highest BCUT2D eigenvalue weighted by atomic mass is 16.7. The van der Waals surface area contributed by atoms with Crippen molar-refractivity contribution in [3.8, 4) is 17.2 Å². The molecule has 1 aliphatic heterocycles. The molecule has 0 bridgehead atoms. The summed E-state index contributed by atoms with van der Waals surface area (Å²) >= 11 is 0. The topological polar surface area (TPSA) is 65.0 Å². The number of carbonyl (C=O) groups excluding carboxylic acids is 1. The molecule has 0 spiro atoms. The average molecular weight is 264 g/mol. The molecule has 5 heteroatoms. The Labute approximate surface area is 111 Å². The second-order valence-electron chi connectivity index (χ2n) is 5.08. The molecular formula is C14H16O5. The molecule has 5 nitrogen and oxygen atoms in total. The van der Waals surface area contributed by atoms with E-state index in [0.29, 0.717) is 22.8 Å². The molecule has 1 aromatic carbocycles. The summed E-state index contributed by atoms with van der Waals surface area (Å²) in [7, 11) is 0. The van der Waals surface area contributed by atoms with Gasteiger partial charge in [-0.15, -0.1) is 0 Å². The molecule has 0 atom stereocenters. The maximum absolute atomic E-state index is 11.1. The van der Waals surface area contributed by atoms with Gasteiger partial charge in [0.1, 0.15) is 12.4 Å². The van der Waals surface area contributed by atoms with Gasteiger partial charge >= 0.3 is 0 Å². The van der Waals surface area contributed by atoms with Gasteiger partial charge in [0.05, 0.1) is 11.2 Å². The third-order valence-electron chi connectivity index (χ3n) is 3.66. The molecule has 0 saturated heterocycles. The lowest BCUT2D eigenvalue weighted by molar-refractivity contribution is 0.00117. The van der Waals surface area contributed by atoms with Gasteiger partial charge in [-0.3, -0.25) is 4.79 Å². The van der Waals surface area contributed by atoms with Gasteiger partial charge in [0.25, 0.3) is 0 Å². The van der Waals surface area contributed by atoms with Crippen molar-refractivity contribution in [1.29, 1.82) is 0 Å². The first-order chi connectivity index (χ1) is 9.20. The zero-order valence-corrected chi connectivity index (χ0v) is 10.6. The fourth-order valence-electron chi connectivity index (χ4n) is 2.55. The van der Waals surface area contributed by atoms with Crippen LogP contribution in [0.5, 0.6) is 17.2 Å². The largest absolute Gasteiger partial charge is 0.490 e. The average Bonchev–Trinajstić information content (AvgIpc) is 3.04. The third-order valence-corrected chi connectivity index (χ3v) is 3.66. The van der Waals surface area contributed by atoms with Crippen molar-refractivity contribution < 1.29 is 24.1 Å².